The number of halogens is 2. The van der Waals surface area contributed by atoms with Crippen LogP contribution in [0.4, 0.5) is 0 Å². The Morgan fingerprint density at radius 3 is 2.65 bits per heavy atom. The predicted molar refractivity (Wildman–Crippen MR) is 71.6 cm³/mol. The number of phenols is 1. The molecule has 2 aromatic rings. The van der Waals surface area contributed by atoms with E-state index < -0.39 is 0 Å². The molecule has 0 bridgehead atoms. The first-order chi connectivity index (χ1) is 8.16. The number of ether oxygens (including phenoxy) is 1. The molecule has 0 atom stereocenters. The van der Waals surface area contributed by atoms with Gasteiger partial charge in [0.05, 0.1) is 9.50 Å². The zero-order chi connectivity index (χ0) is 12.3. The lowest BCUT2D eigenvalue weighted by Crippen LogP contribution is -1.95. The fraction of sp³-hybridized carbons (Fsp3) is 0.0769. The van der Waals surface area contributed by atoms with Gasteiger partial charge >= 0.3 is 0 Å². The van der Waals surface area contributed by atoms with Crippen molar-refractivity contribution >= 4 is 27.5 Å². The molecule has 0 unspecified atom stereocenters. The van der Waals surface area contributed by atoms with Gasteiger partial charge in [0.2, 0.25) is 0 Å². The Hall–Kier alpha value is -1.19. The molecule has 88 valence electrons. The smallest absolute Gasteiger partial charge is 0.138 e. The molecule has 0 amide bonds. The number of benzene rings is 2. The summed E-state index contributed by atoms with van der Waals surface area (Å²) < 4.78 is 6.23. The second-order valence-electron chi connectivity index (χ2n) is 3.50. The minimum absolute atomic E-state index is 0.214. The van der Waals surface area contributed by atoms with Crippen molar-refractivity contribution in [2.24, 2.45) is 0 Å². The van der Waals surface area contributed by atoms with Gasteiger partial charge in [-0.1, -0.05) is 29.8 Å². The number of rotatable bonds is 3. The molecule has 1 N–H and O–H groups in total. The van der Waals surface area contributed by atoms with Crippen LogP contribution in [0.3, 0.4) is 0 Å². The van der Waals surface area contributed by atoms with E-state index in [2.05, 4.69) is 15.9 Å². The predicted octanol–water partition coefficient (Wildman–Crippen LogP) is 4.39. The summed E-state index contributed by atoms with van der Waals surface area (Å²) in [5, 5.41) is 9.95. The number of hydrogen-bond acceptors (Lipinski definition) is 2. The Labute approximate surface area is 113 Å². The molecule has 2 nitrogen and oxygen atoms in total. The van der Waals surface area contributed by atoms with Crippen molar-refractivity contribution in [3.63, 3.8) is 0 Å². The van der Waals surface area contributed by atoms with Crippen LogP contribution >= 0.6 is 27.5 Å². The van der Waals surface area contributed by atoms with E-state index in [0.717, 1.165) is 5.56 Å². The number of hydrogen-bond donors (Lipinski definition) is 1. The highest BCUT2D eigenvalue weighted by Gasteiger charge is 2.02. The lowest BCUT2D eigenvalue weighted by Gasteiger charge is -2.08. The third-order valence-electron chi connectivity index (χ3n) is 2.24. The van der Waals surface area contributed by atoms with Gasteiger partial charge in [0, 0.05) is 0 Å². The van der Waals surface area contributed by atoms with E-state index in [-0.39, 0.29) is 5.75 Å². The van der Waals surface area contributed by atoms with Gasteiger partial charge in [0.15, 0.2) is 0 Å². The molecule has 0 fully saturated rings. The average molecular weight is 314 g/mol. The van der Waals surface area contributed by atoms with Gasteiger partial charge in [-0.3, -0.25) is 0 Å². The van der Waals surface area contributed by atoms with Gasteiger partial charge in [-0.05, 0) is 45.8 Å². The largest absolute Gasteiger partial charge is 0.507 e. The molecule has 0 saturated heterocycles. The van der Waals surface area contributed by atoms with Crippen LogP contribution in [0.1, 0.15) is 5.56 Å². The second-order valence-corrected chi connectivity index (χ2v) is 4.77. The monoisotopic (exact) mass is 312 g/mol. The Morgan fingerprint density at radius 2 is 1.94 bits per heavy atom. The highest BCUT2D eigenvalue weighted by Crippen LogP contribution is 2.27. The van der Waals surface area contributed by atoms with Crippen molar-refractivity contribution in [1.29, 1.82) is 0 Å². The van der Waals surface area contributed by atoms with E-state index >= 15 is 0 Å². The molecule has 2 aromatic carbocycles. The Bertz CT molecular complexity index is 529. The van der Waals surface area contributed by atoms with E-state index in [1.54, 1.807) is 18.2 Å². The van der Waals surface area contributed by atoms with E-state index in [1.165, 1.54) is 0 Å². The first kappa shape index (κ1) is 12.3. The highest BCUT2D eigenvalue weighted by atomic mass is 79.9. The van der Waals surface area contributed by atoms with Gasteiger partial charge < -0.3 is 9.84 Å². The molecular formula is C13H10BrClO2. The highest BCUT2D eigenvalue weighted by molar-refractivity contribution is 9.10. The van der Waals surface area contributed by atoms with Crippen LogP contribution in [0.25, 0.3) is 0 Å². The normalized spacial score (nSPS) is 10.2. The van der Waals surface area contributed by atoms with Crippen LogP contribution in [0.5, 0.6) is 11.5 Å². The zero-order valence-corrected chi connectivity index (χ0v) is 11.2. The maximum absolute atomic E-state index is 9.36. The summed E-state index contributed by atoms with van der Waals surface area (Å²) in [6.45, 7) is 0.405. The van der Waals surface area contributed by atoms with Crippen molar-refractivity contribution in [2.45, 2.75) is 6.61 Å². The standard InChI is InChI=1S/C13H10BrClO2/c14-10-7-9(5-6-12(10)16)8-17-13-4-2-1-3-11(13)15/h1-7,16H,8H2. The lowest BCUT2D eigenvalue weighted by atomic mass is 10.2. The first-order valence-electron chi connectivity index (χ1n) is 5.01. The van der Waals surface area contributed by atoms with Gasteiger partial charge in [-0.15, -0.1) is 0 Å². The second kappa shape index (κ2) is 5.43. The summed E-state index contributed by atoms with van der Waals surface area (Å²) in [6, 6.07) is 12.6. The summed E-state index contributed by atoms with van der Waals surface area (Å²) in [4.78, 5) is 0. The van der Waals surface area contributed by atoms with Crippen molar-refractivity contribution < 1.29 is 9.84 Å². The minimum Gasteiger partial charge on any atom is -0.507 e. The molecule has 0 aliphatic carbocycles. The Balaban J connectivity index is 2.08. The lowest BCUT2D eigenvalue weighted by molar-refractivity contribution is 0.306. The zero-order valence-electron chi connectivity index (χ0n) is 8.86. The van der Waals surface area contributed by atoms with Crippen LogP contribution < -0.4 is 4.74 Å². The van der Waals surface area contributed by atoms with Crippen LogP contribution in [0.15, 0.2) is 46.9 Å². The fourth-order valence-corrected chi connectivity index (χ4v) is 1.98. The van der Waals surface area contributed by atoms with E-state index in [9.17, 15) is 5.11 Å². The molecule has 0 radical (unpaired) electrons. The molecule has 0 heterocycles. The van der Waals surface area contributed by atoms with E-state index in [1.807, 2.05) is 24.3 Å². The topological polar surface area (TPSA) is 29.5 Å². The molecule has 0 saturated carbocycles. The third kappa shape index (κ3) is 3.14. The maximum atomic E-state index is 9.36. The molecule has 0 spiro atoms. The van der Waals surface area contributed by atoms with Crippen molar-refractivity contribution in [2.75, 3.05) is 0 Å². The first-order valence-corrected chi connectivity index (χ1v) is 6.18. The van der Waals surface area contributed by atoms with Crippen molar-refractivity contribution in [3.05, 3.63) is 57.5 Å². The quantitative estimate of drug-likeness (QED) is 0.911. The molecule has 0 aliphatic heterocycles. The molecular weight excluding hydrogens is 303 g/mol. The van der Waals surface area contributed by atoms with Crippen LogP contribution in [-0.2, 0) is 6.61 Å². The molecule has 2 rings (SSSR count). The van der Waals surface area contributed by atoms with Crippen molar-refractivity contribution in [1.82, 2.24) is 0 Å². The summed E-state index contributed by atoms with van der Waals surface area (Å²) in [5.74, 6) is 0.866. The molecule has 4 heteroatoms. The number of aromatic hydroxyl groups is 1. The number of phenolic OH excluding ortho intramolecular Hbond substituents is 1. The van der Waals surface area contributed by atoms with Gasteiger partial charge in [-0.25, -0.2) is 0 Å². The van der Waals surface area contributed by atoms with Crippen LogP contribution in [0.2, 0.25) is 5.02 Å². The van der Waals surface area contributed by atoms with E-state index in [4.69, 9.17) is 16.3 Å². The summed E-state index contributed by atoms with van der Waals surface area (Å²) in [5.41, 5.74) is 0.953. The van der Waals surface area contributed by atoms with Crippen LogP contribution in [0, 0.1) is 0 Å². The Morgan fingerprint density at radius 1 is 1.18 bits per heavy atom. The summed E-state index contributed by atoms with van der Waals surface area (Å²) >= 11 is 9.23. The van der Waals surface area contributed by atoms with Crippen LogP contribution in [-0.4, -0.2) is 5.11 Å². The van der Waals surface area contributed by atoms with Gasteiger partial charge in [-0.2, -0.15) is 0 Å². The third-order valence-corrected chi connectivity index (χ3v) is 3.19. The molecule has 0 aromatic heterocycles. The van der Waals surface area contributed by atoms with Crippen molar-refractivity contribution in [3.8, 4) is 11.5 Å². The number of para-hydroxylation sites is 1. The minimum atomic E-state index is 0.214. The SMILES string of the molecule is Oc1ccc(COc2ccccc2Cl)cc1Br. The van der Waals surface area contributed by atoms with Gasteiger partial charge in [0.1, 0.15) is 18.1 Å². The fourth-order valence-electron chi connectivity index (χ4n) is 1.36. The molecule has 17 heavy (non-hydrogen) atoms. The maximum Gasteiger partial charge on any atom is 0.138 e. The molecule has 0 aliphatic rings. The van der Waals surface area contributed by atoms with Gasteiger partial charge in [0.25, 0.3) is 0 Å². The van der Waals surface area contributed by atoms with E-state index in [0.29, 0.717) is 21.9 Å². The average Bonchev–Trinajstić information content (AvgIpc) is 2.32. The summed E-state index contributed by atoms with van der Waals surface area (Å²) in [6.07, 6.45) is 0. The Kier molecular flexibility index (Phi) is 3.92. The summed E-state index contributed by atoms with van der Waals surface area (Å²) in [7, 11) is 0.